The number of oxazole rings is 1. The van der Waals surface area contributed by atoms with E-state index in [0.717, 1.165) is 23.1 Å². The Kier molecular flexibility index (Phi) is 5.37. The Hall–Kier alpha value is -2.60. The van der Waals surface area contributed by atoms with E-state index in [1.807, 2.05) is 52.0 Å². The summed E-state index contributed by atoms with van der Waals surface area (Å²) in [6, 6.07) is 14.4. The van der Waals surface area contributed by atoms with Crippen LogP contribution in [0.5, 0.6) is 0 Å². The molecule has 1 aromatic heterocycles. The maximum atomic E-state index is 13.2. The van der Waals surface area contributed by atoms with Gasteiger partial charge in [-0.05, 0) is 51.5 Å². The van der Waals surface area contributed by atoms with E-state index in [1.54, 1.807) is 24.3 Å². The van der Waals surface area contributed by atoms with Gasteiger partial charge in [0.2, 0.25) is 26.6 Å². The van der Waals surface area contributed by atoms with Crippen LogP contribution < -0.4 is 5.32 Å². The van der Waals surface area contributed by atoms with Crippen molar-refractivity contribution >= 4 is 15.7 Å². The molecule has 27 heavy (non-hydrogen) atoms. The number of anilines is 1. The Bertz CT molecular complexity index is 1040. The predicted molar refractivity (Wildman–Crippen MR) is 107 cm³/mol. The number of aryl methyl sites for hydroxylation is 2. The number of hydrogen-bond acceptors (Lipinski definition) is 5. The molecule has 1 atom stereocenters. The maximum Gasteiger partial charge on any atom is 0.234 e. The zero-order valence-corrected chi connectivity index (χ0v) is 16.8. The molecule has 0 spiro atoms. The van der Waals surface area contributed by atoms with Gasteiger partial charge in [-0.3, -0.25) is 0 Å². The van der Waals surface area contributed by atoms with Crippen LogP contribution in [0.2, 0.25) is 0 Å². The lowest BCUT2D eigenvalue weighted by Crippen LogP contribution is -2.15. The van der Waals surface area contributed by atoms with Gasteiger partial charge in [-0.2, -0.15) is 4.98 Å². The van der Waals surface area contributed by atoms with Crippen molar-refractivity contribution in [2.75, 3.05) is 5.32 Å². The van der Waals surface area contributed by atoms with E-state index in [9.17, 15) is 8.42 Å². The molecule has 142 valence electrons. The Morgan fingerprint density at radius 1 is 1.07 bits per heavy atom. The quantitative estimate of drug-likeness (QED) is 0.647. The van der Waals surface area contributed by atoms with E-state index in [1.165, 1.54) is 0 Å². The molecule has 2 aromatic carbocycles. The van der Waals surface area contributed by atoms with E-state index >= 15 is 0 Å². The minimum atomic E-state index is -3.80. The number of benzene rings is 2. The van der Waals surface area contributed by atoms with E-state index in [-0.39, 0.29) is 27.7 Å². The van der Waals surface area contributed by atoms with Gasteiger partial charge < -0.3 is 9.73 Å². The predicted octanol–water partition coefficient (Wildman–Crippen LogP) is 5.00. The number of nitrogens with one attached hydrogen (secondary N) is 1. The van der Waals surface area contributed by atoms with E-state index in [0.29, 0.717) is 0 Å². The van der Waals surface area contributed by atoms with Crippen molar-refractivity contribution < 1.29 is 12.8 Å². The Balaban J connectivity index is 2.13. The molecule has 6 heteroatoms. The molecule has 0 fully saturated rings. The molecular weight excluding hydrogens is 360 g/mol. The minimum Gasteiger partial charge on any atom is -0.419 e. The standard InChI is InChI=1S/C21H24N2O3S/c1-5-16(4)22-20-21(27(24,25)18-11-9-14(2)10-12-18)23-19(26-20)17-8-6-7-15(3)13-17/h6-13,16,22H,5H2,1-4H3. The summed E-state index contributed by atoms with van der Waals surface area (Å²) < 4.78 is 32.2. The fourth-order valence-electron chi connectivity index (χ4n) is 2.64. The van der Waals surface area contributed by atoms with Crippen LogP contribution >= 0.6 is 0 Å². The smallest absolute Gasteiger partial charge is 0.234 e. The molecule has 0 aliphatic heterocycles. The number of nitrogens with zero attached hydrogens (tertiary/aromatic N) is 1. The highest BCUT2D eigenvalue weighted by atomic mass is 32.2. The Labute approximate surface area is 160 Å². The first-order chi connectivity index (χ1) is 12.8. The second kappa shape index (κ2) is 7.56. The third-order valence-electron chi connectivity index (χ3n) is 4.44. The average molecular weight is 385 g/mol. The summed E-state index contributed by atoms with van der Waals surface area (Å²) in [5.41, 5.74) is 2.78. The Morgan fingerprint density at radius 3 is 2.41 bits per heavy atom. The molecule has 3 aromatic rings. The zero-order valence-electron chi connectivity index (χ0n) is 16.0. The number of rotatable bonds is 6. The van der Waals surface area contributed by atoms with Crippen LogP contribution in [0, 0.1) is 13.8 Å². The number of aromatic nitrogens is 1. The highest BCUT2D eigenvalue weighted by Crippen LogP contribution is 2.33. The van der Waals surface area contributed by atoms with Crippen LogP contribution in [0.3, 0.4) is 0 Å². The van der Waals surface area contributed by atoms with Gasteiger partial charge in [-0.25, -0.2) is 8.42 Å². The van der Waals surface area contributed by atoms with Crippen molar-refractivity contribution in [3.05, 3.63) is 59.7 Å². The number of hydrogen-bond donors (Lipinski definition) is 1. The lowest BCUT2D eigenvalue weighted by molar-refractivity contribution is 0.566. The summed E-state index contributed by atoms with van der Waals surface area (Å²) in [6.45, 7) is 7.87. The third kappa shape index (κ3) is 4.06. The van der Waals surface area contributed by atoms with Gasteiger partial charge in [0.05, 0.1) is 4.90 Å². The topological polar surface area (TPSA) is 72.2 Å². The summed E-state index contributed by atoms with van der Waals surface area (Å²) in [4.78, 5) is 4.56. The summed E-state index contributed by atoms with van der Waals surface area (Å²) in [6.07, 6.45) is 0.824. The van der Waals surface area contributed by atoms with Crippen molar-refractivity contribution in [3.8, 4) is 11.5 Å². The van der Waals surface area contributed by atoms with Crippen LogP contribution in [0.15, 0.2) is 62.9 Å². The first-order valence-corrected chi connectivity index (χ1v) is 10.5. The lowest BCUT2D eigenvalue weighted by Gasteiger charge is -2.11. The molecule has 1 unspecified atom stereocenters. The van der Waals surface area contributed by atoms with Crippen molar-refractivity contribution in [2.24, 2.45) is 0 Å². The largest absolute Gasteiger partial charge is 0.419 e. The molecule has 1 heterocycles. The summed E-state index contributed by atoms with van der Waals surface area (Å²) in [5, 5.41) is 3.06. The van der Waals surface area contributed by atoms with E-state index < -0.39 is 9.84 Å². The Morgan fingerprint density at radius 2 is 1.78 bits per heavy atom. The van der Waals surface area contributed by atoms with Crippen LogP contribution in [-0.4, -0.2) is 19.4 Å². The van der Waals surface area contributed by atoms with E-state index in [4.69, 9.17) is 4.42 Å². The fraction of sp³-hybridized carbons (Fsp3) is 0.286. The van der Waals surface area contributed by atoms with Crippen molar-refractivity contribution in [2.45, 2.75) is 50.1 Å². The summed E-state index contributed by atoms with van der Waals surface area (Å²) in [7, 11) is -3.80. The van der Waals surface area contributed by atoms with Gasteiger partial charge in [-0.15, -0.1) is 0 Å². The maximum absolute atomic E-state index is 13.2. The normalized spacial score (nSPS) is 12.7. The average Bonchev–Trinajstić information content (AvgIpc) is 3.06. The number of sulfone groups is 1. The summed E-state index contributed by atoms with van der Waals surface area (Å²) in [5.74, 6) is 0.469. The third-order valence-corrected chi connectivity index (χ3v) is 6.12. The van der Waals surface area contributed by atoms with Crippen molar-refractivity contribution in [1.29, 1.82) is 0 Å². The molecule has 0 radical (unpaired) electrons. The monoisotopic (exact) mass is 384 g/mol. The van der Waals surface area contributed by atoms with Crippen LogP contribution in [0.1, 0.15) is 31.4 Å². The van der Waals surface area contributed by atoms with Crippen LogP contribution in [-0.2, 0) is 9.84 Å². The van der Waals surface area contributed by atoms with Gasteiger partial charge in [-0.1, -0.05) is 42.3 Å². The molecule has 1 N–H and O–H groups in total. The molecule has 0 bridgehead atoms. The molecule has 0 aliphatic rings. The van der Waals surface area contributed by atoms with Crippen LogP contribution in [0.4, 0.5) is 5.88 Å². The van der Waals surface area contributed by atoms with E-state index in [2.05, 4.69) is 10.3 Å². The molecule has 0 aliphatic carbocycles. The molecule has 0 saturated heterocycles. The second-order valence-corrected chi connectivity index (χ2v) is 8.66. The summed E-state index contributed by atoms with van der Waals surface area (Å²) >= 11 is 0. The molecule has 3 rings (SSSR count). The minimum absolute atomic E-state index is 0.0512. The SMILES string of the molecule is CCC(C)Nc1oc(-c2cccc(C)c2)nc1S(=O)(=O)c1ccc(C)cc1. The molecule has 0 amide bonds. The molecular formula is C21H24N2O3S. The van der Waals surface area contributed by atoms with Crippen molar-refractivity contribution in [1.82, 2.24) is 4.98 Å². The molecule has 5 nitrogen and oxygen atoms in total. The lowest BCUT2D eigenvalue weighted by atomic mass is 10.1. The van der Waals surface area contributed by atoms with Gasteiger partial charge in [0.25, 0.3) is 0 Å². The highest BCUT2D eigenvalue weighted by molar-refractivity contribution is 7.91. The van der Waals surface area contributed by atoms with Gasteiger partial charge in [0, 0.05) is 11.6 Å². The van der Waals surface area contributed by atoms with Gasteiger partial charge in [0.1, 0.15) is 0 Å². The van der Waals surface area contributed by atoms with Gasteiger partial charge in [0.15, 0.2) is 0 Å². The highest BCUT2D eigenvalue weighted by Gasteiger charge is 2.29. The van der Waals surface area contributed by atoms with Crippen LogP contribution in [0.25, 0.3) is 11.5 Å². The first kappa shape index (κ1) is 19.2. The van der Waals surface area contributed by atoms with Gasteiger partial charge >= 0.3 is 0 Å². The molecule has 0 saturated carbocycles. The van der Waals surface area contributed by atoms with Crippen molar-refractivity contribution in [3.63, 3.8) is 0 Å². The zero-order chi connectivity index (χ0) is 19.6. The first-order valence-electron chi connectivity index (χ1n) is 8.97. The second-order valence-electron chi connectivity index (χ2n) is 6.79. The fourth-order valence-corrected chi connectivity index (χ4v) is 3.90.